The van der Waals surface area contributed by atoms with E-state index in [0.29, 0.717) is 11.5 Å². The molecule has 0 aromatic carbocycles. The van der Waals surface area contributed by atoms with Gasteiger partial charge >= 0.3 is 0 Å². The Balaban J connectivity index is 2.00. The molecule has 3 unspecified atom stereocenters. The van der Waals surface area contributed by atoms with Gasteiger partial charge in [0.2, 0.25) is 0 Å². The van der Waals surface area contributed by atoms with E-state index in [2.05, 4.69) is 41.4 Å². The molecule has 2 saturated carbocycles. The second-order valence-corrected chi connectivity index (χ2v) is 7.88. The summed E-state index contributed by atoms with van der Waals surface area (Å²) >= 11 is 5.62. The molecule has 2 aromatic rings. The Morgan fingerprint density at radius 2 is 2.20 bits per heavy atom. The molecule has 0 aliphatic heterocycles. The van der Waals surface area contributed by atoms with Crippen molar-refractivity contribution >= 4 is 23.4 Å². The van der Waals surface area contributed by atoms with Crippen LogP contribution in [-0.4, -0.2) is 14.5 Å². The zero-order valence-electron chi connectivity index (χ0n) is 12.3. The standard InChI is InChI=1S/C16H21N3S/c1-15(2)10-6-7-16(3,9-10)13(15)19-12-11(18-14(19)20)5-4-8-17-12/h4-5,8,10,13H,6-7,9H2,1-3H3,(H,18,20). The highest BCUT2D eigenvalue weighted by Crippen LogP contribution is 2.68. The largest absolute Gasteiger partial charge is 0.329 e. The van der Waals surface area contributed by atoms with Crippen LogP contribution in [0.5, 0.6) is 0 Å². The summed E-state index contributed by atoms with van der Waals surface area (Å²) < 4.78 is 3.13. The van der Waals surface area contributed by atoms with Crippen molar-refractivity contribution in [3.05, 3.63) is 23.1 Å². The molecule has 20 heavy (non-hydrogen) atoms. The average Bonchev–Trinajstić information content (AvgIpc) is 2.97. The van der Waals surface area contributed by atoms with Crippen LogP contribution in [0.25, 0.3) is 11.2 Å². The molecule has 106 valence electrons. The molecule has 4 rings (SSSR count). The molecule has 2 fully saturated rings. The first kappa shape index (κ1) is 12.6. The van der Waals surface area contributed by atoms with Crippen molar-refractivity contribution in [1.82, 2.24) is 14.5 Å². The predicted molar refractivity (Wildman–Crippen MR) is 83.2 cm³/mol. The first-order valence-electron chi connectivity index (χ1n) is 7.49. The molecule has 2 aliphatic rings. The van der Waals surface area contributed by atoms with E-state index >= 15 is 0 Å². The van der Waals surface area contributed by atoms with Gasteiger partial charge in [0, 0.05) is 12.2 Å². The van der Waals surface area contributed by atoms with E-state index in [-0.39, 0.29) is 5.41 Å². The molecule has 1 N–H and O–H groups in total. The lowest BCUT2D eigenvalue weighted by Gasteiger charge is -2.43. The highest BCUT2D eigenvalue weighted by molar-refractivity contribution is 7.71. The molecular weight excluding hydrogens is 266 g/mol. The van der Waals surface area contributed by atoms with Crippen LogP contribution in [0.1, 0.15) is 46.1 Å². The fourth-order valence-corrected chi connectivity index (χ4v) is 5.42. The first-order valence-corrected chi connectivity index (χ1v) is 7.89. The second-order valence-electron chi connectivity index (χ2n) is 7.49. The zero-order chi connectivity index (χ0) is 14.1. The maximum atomic E-state index is 5.62. The Morgan fingerprint density at radius 1 is 1.40 bits per heavy atom. The Morgan fingerprint density at radius 3 is 2.90 bits per heavy atom. The van der Waals surface area contributed by atoms with Gasteiger partial charge in [0.25, 0.3) is 0 Å². The van der Waals surface area contributed by atoms with Crippen molar-refractivity contribution in [2.45, 2.75) is 46.1 Å². The minimum Gasteiger partial charge on any atom is -0.329 e. The number of H-pyrrole nitrogens is 1. The van der Waals surface area contributed by atoms with E-state index in [1.54, 1.807) is 0 Å². The Hall–Kier alpha value is -1.16. The molecule has 4 heteroatoms. The molecule has 0 amide bonds. The third-order valence-corrected chi connectivity index (χ3v) is 6.23. The summed E-state index contributed by atoms with van der Waals surface area (Å²) in [6.07, 6.45) is 5.87. The van der Waals surface area contributed by atoms with Gasteiger partial charge in [0.05, 0.1) is 5.52 Å². The fourth-order valence-electron chi connectivity index (χ4n) is 5.12. The van der Waals surface area contributed by atoms with E-state index < -0.39 is 0 Å². The Labute approximate surface area is 124 Å². The number of nitrogens with zero attached hydrogens (tertiary/aromatic N) is 2. The summed E-state index contributed by atoms with van der Waals surface area (Å²) in [7, 11) is 0. The lowest BCUT2D eigenvalue weighted by atomic mass is 9.68. The summed E-state index contributed by atoms with van der Waals surface area (Å²) in [5, 5.41) is 0. The molecular formula is C16H21N3S. The number of hydrogen-bond acceptors (Lipinski definition) is 2. The van der Waals surface area contributed by atoms with Crippen molar-refractivity contribution in [2.24, 2.45) is 16.7 Å². The predicted octanol–water partition coefficient (Wildman–Crippen LogP) is 4.48. The number of aromatic amines is 1. The quantitative estimate of drug-likeness (QED) is 0.784. The second kappa shape index (κ2) is 3.73. The number of hydrogen-bond donors (Lipinski definition) is 1. The van der Waals surface area contributed by atoms with Crippen molar-refractivity contribution in [3.8, 4) is 0 Å². The van der Waals surface area contributed by atoms with Gasteiger partial charge in [0.15, 0.2) is 10.4 Å². The van der Waals surface area contributed by atoms with Crippen molar-refractivity contribution in [3.63, 3.8) is 0 Å². The number of imidazole rings is 1. The van der Waals surface area contributed by atoms with E-state index in [1.165, 1.54) is 19.3 Å². The van der Waals surface area contributed by atoms with Gasteiger partial charge in [-0.15, -0.1) is 0 Å². The maximum absolute atomic E-state index is 5.62. The number of aromatic nitrogens is 3. The third kappa shape index (κ3) is 1.40. The molecule has 3 nitrogen and oxygen atoms in total. The van der Waals surface area contributed by atoms with Gasteiger partial charge in [-0.05, 0) is 60.4 Å². The Bertz CT molecular complexity index is 737. The smallest absolute Gasteiger partial charge is 0.179 e. The normalized spacial score (nSPS) is 35.0. The van der Waals surface area contributed by atoms with Crippen LogP contribution in [0.2, 0.25) is 0 Å². The van der Waals surface area contributed by atoms with Gasteiger partial charge in [-0.2, -0.15) is 0 Å². The van der Waals surface area contributed by atoms with E-state index in [1.807, 2.05) is 12.3 Å². The van der Waals surface area contributed by atoms with Gasteiger partial charge in [-0.25, -0.2) is 4.98 Å². The van der Waals surface area contributed by atoms with E-state index in [9.17, 15) is 0 Å². The molecule has 0 radical (unpaired) electrons. The fraction of sp³-hybridized carbons (Fsp3) is 0.625. The zero-order valence-corrected chi connectivity index (χ0v) is 13.1. The lowest BCUT2D eigenvalue weighted by molar-refractivity contribution is 0.0851. The summed E-state index contributed by atoms with van der Waals surface area (Å²) in [5.74, 6) is 0.813. The SMILES string of the molecule is CC12CCC(C1)C(C)(C)C2n1c(=S)[nH]c2cccnc21. The first-order chi connectivity index (χ1) is 9.43. The van der Waals surface area contributed by atoms with Gasteiger partial charge in [0.1, 0.15) is 0 Å². The maximum Gasteiger partial charge on any atom is 0.179 e. The lowest BCUT2D eigenvalue weighted by Crippen LogP contribution is -2.37. The number of pyridine rings is 1. The van der Waals surface area contributed by atoms with Gasteiger partial charge < -0.3 is 4.98 Å². The van der Waals surface area contributed by atoms with E-state index in [0.717, 1.165) is 21.9 Å². The van der Waals surface area contributed by atoms with Crippen LogP contribution in [0, 0.1) is 21.5 Å². The average molecular weight is 287 g/mol. The molecule has 2 heterocycles. The van der Waals surface area contributed by atoms with Crippen LogP contribution in [0.4, 0.5) is 0 Å². The van der Waals surface area contributed by atoms with Crippen LogP contribution >= 0.6 is 12.2 Å². The third-order valence-electron chi connectivity index (χ3n) is 5.93. The summed E-state index contributed by atoms with van der Waals surface area (Å²) in [5.41, 5.74) is 2.72. The highest BCUT2D eigenvalue weighted by Gasteiger charge is 2.60. The van der Waals surface area contributed by atoms with Crippen molar-refractivity contribution in [2.75, 3.05) is 0 Å². The van der Waals surface area contributed by atoms with Crippen LogP contribution in [0.15, 0.2) is 18.3 Å². The van der Waals surface area contributed by atoms with Crippen molar-refractivity contribution < 1.29 is 0 Å². The molecule has 0 saturated heterocycles. The number of fused-ring (bicyclic) bond motifs is 3. The van der Waals surface area contributed by atoms with Gasteiger partial charge in [-0.1, -0.05) is 20.8 Å². The topological polar surface area (TPSA) is 33.6 Å². The molecule has 2 bridgehead atoms. The molecule has 2 aliphatic carbocycles. The molecule has 3 atom stereocenters. The van der Waals surface area contributed by atoms with Crippen LogP contribution in [-0.2, 0) is 0 Å². The summed E-state index contributed by atoms with van der Waals surface area (Å²) in [4.78, 5) is 7.93. The molecule has 0 spiro atoms. The van der Waals surface area contributed by atoms with Crippen LogP contribution in [0.3, 0.4) is 0 Å². The van der Waals surface area contributed by atoms with Gasteiger partial charge in [-0.3, -0.25) is 4.57 Å². The molecule has 2 aromatic heterocycles. The summed E-state index contributed by atoms with van der Waals surface area (Å²) in [6.45, 7) is 7.27. The minimum absolute atomic E-state index is 0.290. The Kier molecular flexibility index (Phi) is 2.34. The number of nitrogens with one attached hydrogen (secondary N) is 1. The van der Waals surface area contributed by atoms with E-state index in [4.69, 9.17) is 12.2 Å². The minimum atomic E-state index is 0.290. The van der Waals surface area contributed by atoms with Crippen LogP contribution < -0.4 is 0 Å². The highest BCUT2D eigenvalue weighted by atomic mass is 32.1. The van der Waals surface area contributed by atoms with Crippen molar-refractivity contribution in [1.29, 1.82) is 0 Å². The number of rotatable bonds is 1. The monoisotopic (exact) mass is 287 g/mol. The summed E-state index contributed by atoms with van der Waals surface area (Å²) in [6, 6.07) is 4.48.